The number of nitrogens with zero attached hydrogens (tertiary/aromatic N) is 1. The predicted octanol–water partition coefficient (Wildman–Crippen LogP) is 3.52. The Hall–Kier alpha value is -0.500. The molecule has 1 nitrogen and oxygen atoms in total. The molecule has 1 rings (SSSR count). The van der Waals surface area contributed by atoms with Crippen molar-refractivity contribution in [3.63, 3.8) is 0 Å². The molecule has 0 spiro atoms. The zero-order valence-corrected chi connectivity index (χ0v) is 10.8. The first-order chi connectivity index (χ1) is 6.65. The number of halogens is 1. The molecule has 0 aliphatic rings. The Kier molecular flexibility index (Phi) is 4.46. The first-order valence-corrected chi connectivity index (χ1v) is 6.11. The standard InChI is InChI=1S/C12H18BrN/c1-10-5-6-12(11(2)9-10)14(3)8-4-7-13/h5-6,9H,4,7-8H2,1-3H3. The van der Waals surface area contributed by atoms with Crippen molar-refractivity contribution in [3.8, 4) is 0 Å². The molecular formula is C12H18BrN. The van der Waals surface area contributed by atoms with E-state index in [1.54, 1.807) is 0 Å². The fourth-order valence-corrected chi connectivity index (χ4v) is 1.90. The van der Waals surface area contributed by atoms with E-state index in [0.29, 0.717) is 0 Å². The minimum Gasteiger partial charge on any atom is -0.374 e. The highest BCUT2D eigenvalue weighted by Gasteiger charge is 2.03. The van der Waals surface area contributed by atoms with Gasteiger partial charge < -0.3 is 4.90 Å². The zero-order chi connectivity index (χ0) is 10.6. The highest BCUT2D eigenvalue weighted by molar-refractivity contribution is 9.09. The van der Waals surface area contributed by atoms with Gasteiger partial charge in [-0.15, -0.1) is 0 Å². The van der Waals surface area contributed by atoms with E-state index in [1.807, 2.05) is 0 Å². The van der Waals surface area contributed by atoms with Crippen molar-refractivity contribution in [2.45, 2.75) is 20.3 Å². The van der Waals surface area contributed by atoms with E-state index in [9.17, 15) is 0 Å². The average molecular weight is 256 g/mol. The van der Waals surface area contributed by atoms with Crippen LogP contribution < -0.4 is 4.90 Å². The van der Waals surface area contributed by atoms with E-state index in [1.165, 1.54) is 23.2 Å². The van der Waals surface area contributed by atoms with Crippen LogP contribution >= 0.6 is 15.9 Å². The van der Waals surface area contributed by atoms with Gasteiger partial charge in [0, 0.05) is 24.6 Å². The third-order valence-corrected chi connectivity index (χ3v) is 2.95. The van der Waals surface area contributed by atoms with Crippen LogP contribution in [-0.4, -0.2) is 18.9 Å². The van der Waals surface area contributed by atoms with Gasteiger partial charge in [-0.2, -0.15) is 0 Å². The number of hydrogen-bond acceptors (Lipinski definition) is 1. The maximum Gasteiger partial charge on any atom is 0.0393 e. The molecule has 0 aromatic heterocycles. The van der Waals surface area contributed by atoms with Crippen LogP contribution in [-0.2, 0) is 0 Å². The molecule has 2 heteroatoms. The Bertz CT molecular complexity index is 296. The second-order valence-electron chi connectivity index (χ2n) is 3.75. The molecule has 0 atom stereocenters. The SMILES string of the molecule is Cc1ccc(N(C)CCCBr)c(C)c1. The third-order valence-electron chi connectivity index (χ3n) is 2.39. The summed E-state index contributed by atoms with van der Waals surface area (Å²) in [6, 6.07) is 6.62. The largest absolute Gasteiger partial charge is 0.374 e. The lowest BCUT2D eigenvalue weighted by Gasteiger charge is -2.21. The quantitative estimate of drug-likeness (QED) is 0.745. The second kappa shape index (κ2) is 5.40. The van der Waals surface area contributed by atoms with Gasteiger partial charge in [0.2, 0.25) is 0 Å². The molecule has 0 N–H and O–H groups in total. The fraction of sp³-hybridized carbons (Fsp3) is 0.500. The fourth-order valence-electron chi connectivity index (χ4n) is 1.65. The van der Waals surface area contributed by atoms with Gasteiger partial charge in [-0.3, -0.25) is 0 Å². The maximum atomic E-state index is 3.45. The molecule has 0 aliphatic carbocycles. The zero-order valence-electron chi connectivity index (χ0n) is 9.18. The lowest BCUT2D eigenvalue weighted by Crippen LogP contribution is -2.19. The van der Waals surface area contributed by atoms with Crippen LogP contribution in [0.25, 0.3) is 0 Å². The van der Waals surface area contributed by atoms with E-state index < -0.39 is 0 Å². The van der Waals surface area contributed by atoms with Crippen molar-refractivity contribution in [2.75, 3.05) is 23.8 Å². The molecule has 0 saturated carbocycles. The summed E-state index contributed by atoms with van der Waals surface area (Å²) < 4.78 is 0. The number of hydrogen-bond donors (Lipinski definition) is 0. The molecule has 14 heavy (non-hydrogen) atoms. The third kappa shape index (κ3) is 3.02. The van der Waals surface area contributed by atoms with Crippen LogP contribution in [0.2, 0.25) is 0 Å². The Balaban J connectivity index is 2.74. The Morgan fingerprint density at radius 3 is 2.57 bits per heavy atom. The van der Waals surface area contributed by atoms with E-state index >= 15 is 0 Å². The summed E-state index contributed by atoms with van der Waals surface area (Å²) in [7, 11) is 2.15. The summed E-state index contributed by atoms with van der Waals surface area (Å²) in [6.07, 6.45) is 1.18. The van der Waals surface area contributed by atoms with E-state index in [4.69, 9.17) is 0 Å². The van der Waals surface area contributed by atoms with Crippen LogP contribution in [0.5, 0.6) is 0 Å². The number of alkyl halides is 1. The van der Waals surface area contributed by atoms with Crippen LogP contribution in [0.1, 0.15) is 17.5 Å². The summed E-state index contributed by atoms with van der Waals surface area (Å²) in [5.41, 5.74) is 4.04. The van der Waals surface area contributed by atoms with Gasteiger partial charge in [-0.25, -0.2) is 0 Å². The summed E-state index contributed by atoms with van der Waals surface area (Å²) in [5, 5.41) is 1.07. The second-order valence-corrected chi connectivity index (χ2v) is 4.55. The van der Waals surface area contributed by atoms with Gasteiger partial charge in [-0.1, -0.05) is 33.6 Å². The molecule has 0 amide bonds. The van der Waals surface area contributed by atoms with Crippen LogP contribution in [0, 0.1) is 13.8 Å². The molecule has 1 aromatic carbocycles. The molecule has 0 fully saturated rings. The Labute approximate surface area is 95.2 Å². The van der Waals surface area contributed by atoms with Crippen LogP contribution in [0.4, 0.5) is 5.69 Å². The maximum absolute atomic E-state index is 3.45. The number of aryl methyl sites for hydroxylation is 2. The van der Waals surface area contributed by atoms with Gasteiger partial charge >= 0.3 is 0 Å². The lowest BCUT2D eigenvalue weighted by molar-refractivity contribution is 0.859. The Morgan fingerprint density at radius 2 is 2.00 bits per heavy atom. The van der Waals surface area contributed by atoms with E-state index in [2.05, 4.69) is 59.9 Å². The average Bonchev–Trinajstić information content (AvgIpc) is 2.14. The monoisotopic (exact) mass is 255 g/mol. The van der Waals surface area contributed by atoms with Crippen molar-refractivity contribution >= 4 is 21.6 Å². The van der Waals surface area contributed by atoms with E-state index in [0.717, 1.165) is 11.9 Å². The Morgan fingerprint density at radius 1 is 1.29 bits per heavy atom. The molecule has 78 valence electrons. The van der Waals surface area contributed by atoms with E-state index in [-0.39, 0.29) is 0 Å². The first-order valence-electron chi connectivity index (χ1n) is 4.99. The normalized spacial score (nSPS) is 10.3. The van der Waals surface area contributed by atoms with Gasteiger partial charge in [0.05, 0.1) is 0 Å². The van der Waals surface area contributed by atoms with Crippen molar-refractivity contribution in [2.24, 2.45) is 0 Å². The molecule has 0 radical (unpaired) electrons. The van der Waals surface area contributed by atoms with Crippen LogP contribution in [0.3, 0.4) is 0 Å². The number of rotatable bonds is 4. The number of anilines is 1. The summed E-state index contributed by atoms with van der Waals surface area (Å²) in [4.78, 5) is 2.32. The molecule has 0 heterocycles. The molecule has 0 unspecified atom stereocenters. The minimum atomic E-state index is 1.07. The van der Waals surface area contributed by atoms with Gasteiger partial charge in [0.1, 0.15) is 0 Å². The van der Waals surface area contributed by atoms with Crippen molar-refractivity contribution in [3.05, 3.63) is 29.3 Å². The summed E-state index contributed by atoms with van der Waals surface area (Å²) >= 11 is 3.45. The summed E-state index contributed by atoms with van der Waals surface area (Å²) in [5.74, 6) is 0. The minimum absolute atomic E-state index is 1.07. The van der Waals surface area contributed by atoms with Gasteiger partial charge in [-0.05, 0) is 31.9 Å². The first kappa shape index (κ1) is 11.6. The highest BCUT2D eigenvalue weighted by atomic mass is 79.9. The lowest BCUT2D eigenvalue weighted by atomic mass is 10.1. The van der Waals surface area contributed by atoms with Crippen LogP contribution in [0.15, 0.2) is 18.2 Å². The van der Waals surface area contributed by atoms with Crippen molar-refractivity contribution < 1.29 is 0 Å². The molecular weight excluding hydrogens is 238 g/mol. The molecule has 0 bridgehead atoms. The summed E-state index contributed by atoms with van der Waals surface area (Å²) in [6.45, 7) is 5.41. The molecule has 1 aromatic rings. The highest BCUT2D eigenvalue weighted by Crippen LogP contribution is 2.19. The topological polar surface area (TPSA) is 3.24 Å². The molecule has 0 saturated heterocycles. The van der Waals surface area contributed by atoms with Gasteiger partial charge in [0.15, 0.2) is 0 Å². The van der Waals surface area contributed by atoms with Crippen molar-refractivity contribution in [1.82, 2.24) is 0 Å². The van der Waals surface area contributed by atoms with Gasteiger partial charge in [0.25, 0.3) is 0 Å². The predicted molar refractivity (Wildman–Crippen MR) is 67.6 cm³/mol. The smallest absolute Gasteiger partial charge is 0.0393 e. The van der Waals surface area contributed by atoms with Crippen molar-refractivity contribution in [1.29, 1.82) is 0 Å². The molecule has 0 aliphatic heterocycles. The number of benzene rings is 1.